The molecule has 66 valence electrons. The summed E-state index contributed by atoms with van der Waals surface area (Å²) in [5.74, 6) is -1.96. The van der Waals surface area contributed by atoms with Crippen LogP contribution in [0.15, 0.2) is 0 Å². The van der Waals surface area contributed by atoms with Crippen molar-refractivity contribution in [3.63, 3.8) is 0 Å². The van der Waals surface area contributed by atoms with Gasteiger partial charge in [-0.05, 0) is 7.05 Å². The van der Waals surface area contributed by atoms with E-state index in [2.05, 4.69) is 0 Å². The summed E-state index contributed by atoms with van der Waals surface area (Å²) in [4.78, 5) is 1.85. The Balaban J connectivity index is 2.72. The number of aliphatic hydroxyl groups is 2. The van der Waals surface area contributed by atoms with Crippen molar-refractivity contribution >= 4 is 23.2 Å². The highest BCUT2D eigenvalue weighted by molar-refractivity contribution is 6.49. The van der Waals surface area contributed by atoms with Crippen LogP contribution in [0.1, 0.15) is 6.42 Å². The van der Waals surface area contributed by atoms with Gasteiger partial charge in [-0.15, -0.1) is 0 Å². The molecule has 0 aromatic rings. The van der Waals surface area contributed by atoms with Gasteiger partial charge in [0.15, 0.2) is 10.1 Å². The zero-order valence-corrected chi connectivity index (χ0v) is 7.73. The molecule has 0 aromatic carbocycles. The van der Waals surface area contributed by atoms with Gasteiger partial charge in [0.2, 0.25) is 0 Å². The average molecular weight is 200 g/mol. The topological polar surface area (TPSA) is 43.7 Å². The number of alkyl halides is 2. The first-order chi connectivity index (χ1) is 4.85. The fourth-order valence-electron chi connectivity index (χ4n) is 1.07. The van der Waals surface area contributed by atoms with Gasteiger partial charge in [0, 0.05) is 19.5 Å². The maximum atomic E-state index is 9.28. The largest absolute Gasteiger partial charge is 0.363 e. The average Bonchev–Trinajstić information content (AvgIpc) is 1.80. The summed E-state index contributed by atoms with van der Waals surface area (Å²) in [7, 11) is 1.83. The molecule has 0 aliphatic carbocycles. The van der Waals surface area contributed by atoms with E-state index in [0.717, 1.165) is 0 Å². The Hall–Kier alpha value is 0.460. The first-order valence-corrected chi connectivity index (χ1v) is 4.12. The molecule has 1 aliphatic rings. The van der Waals surface area contributed by atoms with Gasteiger partial charge >= 0.3 is 0 Å². The Morgan fingerprint density at radius 3 is 2.27 bits per heavy atom. The van der Waals surface area contributed by atoms with E-state index in [1.54, 1.807) is 0 Å². The highest BCUT2D eigenvalue weighted by Crippen LogP contribution is 2.38. The van der Waals surface area contributed by atoms with Crippen LogP contribution < -0.4 is 0 Å². The lowest BCUT2D eigenvalue weighted by molar-refractivity contribution is -0.193. The summed E-state index contributed by atoms with van der Waals surface area (Å²) >= 11 is 11.4. The zero-order valence-electron chi connectivity index (χ0n) is 6.22. The third-order valence-corrected chi connectivity index (χ3v) is 2.74. The summed E-state index contributed by atoms with van der Waals surface area (Å²) in [6.45, 7) is 0.858. The fraction of sp³-hybridized carbons (Fsp3) is 1.00. The number of likely N-dealkylation sites (tertiary alicyclic amines) is 1. The second kappa shape index (κ2) is 2.75. The van der Waals surface area contributed by atoms with Crippen LogP contribution >= 0.6 is 23.2 Å². The molecule has 11 heavy (non-hydrogen) atoms. The van der Waals surface area contributed by atoms with Crippen LogP contribution in [-0.4, -0.2) is 45.4 Å². The summed E-state index contributed by atoms with van der Waals surface area (Å²) in [6, 6.07) is 0. The molecule has 2 N–H and O–H groups in total. The van der Waals surface area contributed by atoms with Crippen LogP contribution in [0.5, 0.6) is 0 Å². The molecule has 1 saturated heterocycles. The van der Waals surface area contributed by atoms with Gasteiger partial charge in [0.1, 0.15) is 0 Å². The molecule has 0 unspecified atom stereocenters. The minimum absolute atomic E-state index is 0.177. The maximum Gasteiger partial charge on any atom is 0.199 e. The minimum atomic E-state index is -1.96. The van der Waals surface area contributed by atoms with Gasteiger partial charge in [-0.2, -0.15) is 0 Å². The van der Waals surface area contributed by atoms with Crippen LogP contribution in [0, 0.1) is 0 Å². The number of hydrogen-bond donors (Lipinski definition) is 2. The molecule has 0 radical (unpaired) electrons. The summed E-state index contributed by atoms with van der Waals surface area (Å²) in [6.07, 6.45) is 0.177. The van der Waals surface area contributed by atoms with Crippen molar-refractivity contribution in [1.29, 1.82) is 0 Å². The highest BCUT2D eigenvalue weighted by atomic mass is 35.5. The Morgan fingerprint density at radius 2 is 1.91 bits per heavy atom. The molecule has 0 saturated carbocycles. The number of halogens is 2. The van der Waals surface area contributed by atoms with E-state index in [-0.39, 0.29) is 13.0 Å². The van der Waals surface area contributed by atoms with E-state index in [9.17, 15) is 10.2 Å². The molecule has 3 nitrogen and oxygen atoms in total. The minimum Gasteiger partial charge on any atom is -0.363 e. The fourth-order valence-corrected chi connectivity index (χ4v) is 1.67. The molecule has 1 heterocycles. The monoisotopic (exact) mass is 199 g/mol. The molecule has 0 aromatic heterocycles. The highest BCUT2D eigenvalue weighted by Gasteiger charge is 2.50. The van der Waals surface area contributed by atoms with Crippen LogP contribution in [-0.2, 0) is 0 Å². The smallest absolute Gasteiger partial charge is 0.199 e. The van der Waals surface area contributed by atoms with Gasteiger partial charge in [0.25, 0.3) is 0 Å². The van der Waals surface area contributed by atoms with Gasteiger partial charge in [0.05, 0.1) is 0 Å². The molecule has 1 rings (SSSR count). The standard InChI is InChI=1S/C6H11Cl2NO2/c1-9-3-2-6(10,11)5(7,8)4-9/h10-11H,2-4H2,1H3. The molecule has 0 spiro atoms. The van der Waals surface area contributed by atoms with E-state index in [4.69, 9.17) is 23.2 Å². The van der Waals surface area contributed by atoms with Crippen molar-refractivity contribution < 1.29 is 10.2 Å². The van der Waals surface area contributed by atoms with E-state index in [0.29, 0.717) is 6.54 Å². The Kier molecular flexibility index (Phi) is 2.38. The molecular formula is C6H11Cl2NO2. The third kappa shape index (κ3) is 1.79. The molecule has 1 aliphatic heterocycles. The third-order valence-electron chi connectivity index (χ3n) is 1.90. The quantitative estimate of drug-likeness (QED) is 0.433. The number of nitrogens with zero attached hydrogens (tertiary/aromatic N) is 1. The molecule has 5 heteroatoms. The van der Waals surface area contributed by atoms with Crippen LogP contribution in [0.25, 0.3) is 0 Å². The van der Waals surface area contributed by atoms with Gasteiger partial charge in [-0.25, -0.2) is 0 Å². The SMILES string of the molecule is CN1CCC(O)(O)C(Cl)(Cl)C1. The molecular weight excluding hydrogens is 189 g/mol. The van der Waals surface area contributed by atoms with Crippen molar-refractivity contribution in [2.24, 2.45) is 0 Å². The predicted molar refractivity (Wildman–Crippen MR) is 43.7 cm³/mol. The van der Waals surface area contributed by atoms with Crippen molar-refractivity contribution in [3.05, 3.63) is 0 Å². The number of piperidine rings is 1. The molecule has 0 bridgehead atoms. The summed E-state index contributed by atoms with van der Waals surface area (Å²) in [5, 5.41) is 18.6. The van der Waals surface area contributed by atoms with Crippen molar-refractivity contribution in [1.82, 2.24) is 4.90 Å². The lowest BCUT2D eigenvalue weighted by Crippen LogP contribution is -2.58. The van der Waals surface area contributed by atoms with E-state index in [1.807, 2.05) is 11.9 Å². The van der Waals surface area contributed by atoms with Crippen LogP contribution in [0.3, 0.4) is 0 Å². The summed E-state index contributed by atoms with van der Waals surface area (Å²) in [5.41, 5.74) is 0. The molecule has 0 atom stereocenters. The predicted octanol–water partition coefficient (Wildman–Crippen LogP) is 0.177. The zero-order chi connectivity index (χ0) is 8.70. The van der Waals surface area contributed by atoms with Crippen LogP contribution in [0.4, 0.5) is 0 Å². The van der Waals surface area contributed by atoms with Crippen molar-refractivity contribution in [2.45, 2.75) is 16.5 Å². The Bertz CT molecular complexity index is 161. The summed E-state index contributed by atoms with van der Waals surface area (Å²) < 4.78 is -1.47. The van der Waals surface area contributed by atoms with Gasteiger partial charge in [-0.3, -0.25) is 0 Å². The van der Waals surface area contributed by atoms with E-state index in [1.165, 1.54) is 0 Å². The normalized spacial score (nSPS) is 30.3. The van der Waals surface area contributed by atoms with Crippen molar-refractivity contribution in [3.8, 4) is 0 Å². The van der Waals surface area contributed by atoms with Crippen molar-refractivity contribution in [2.75, 3.05) is 20.1 Å². The van der Waals surface area contributed by atoms with Crippen LogP contribution in [0.2, 0.25) is 0 Å². The number of rotatable bonds is 0. The molecule has 0 amide bonds. The Morgan fingerprint density at radius 1 is 1.36 bits per heavy atom. The Labute approximate surface area is 75.5 Å². The van der Waals surface area contributed by atoms with Gasteiger partial charge < -0.3 is 15.1 Å². The first-order valence-electron chi connectivity index (χ1n) is 3.36. The lowest BCUT2D eigenvalue weighted by atomic mass is 10.0. The molecule has 1 fully saturated rings. The number of hydrogen-bond acceptors (Lipinski definition) is 3. The second-order valence-corrected chi connectivity index (χ2v) is 4.49. The van der Waals surface area contributed by atoms with E-state index >= 15 is 0 Å². The maximum absolute atomic E-state index is 9.28. The van der Waals surface area contributed by atoms with Gasteiger partial charge in [-0.1, -0.05) is 23.2 Å². The van der Waals surface area contributed by atoms with E-state index < -0.39 is 10.1 Å². The first kappa shape index (κ1) is 9.55. The second-order valence-electron chi connectivity index (χ2n) is 3.01. The lowest BCUT2D eigenvalue weighted by Gasteiger charge is -2.41.